The molecule has 6 heteroatoms. The number of hydrogen-bond donors (Lipinski definition) is 0. The number of nitrogens with zero attached hydrogens (tertiary/aromatic N) is 1. The molecule has 3 heterocycles. The highest BCUT2D eigenvalue weighted by Crippen LogP contribution is 2.41. The van der Waals surface area contributed by atoms with E-state index >= 15 is 0 Å². The molecule has 4 nitrogen and oxygen atoms in total. The van der Waals surface area contributed by atoms with E-state index in [1.165, 1.54) is 15.5 Å². The summed E-state index contributed by atoms with van der Waals surface area (Å²) in [6, 6.07) is 25.2. The van der Waals surface area contributed by atoms with Crippen LogP contribution in [0, 0.1) is 0 Å². The summed E-state index contributed by atoms with van der Waals surface area (Å²) in [7, 11) is -0.534. The molecular formula is C29H24BNO3S. The molecule has 1 saturated heterocycles. The van der Waals surface area contributed by atoms with Gasteiger partial charge in [-0.15, -0.1) is 11.3 Å². The lowest BCUT2D eigenvalue weighted by Gasteiger charge is -2.32. The Morgan fingerprint density at radius 3 is 2.29 bits per heavy atom. The zero-order valence-corrected chi connectivity index (χ0v) is 20.9. The Morgan fingerprint density at radius 2 is 1.49 bits per heavy atom. The lowest BCUT2D eigenvalue weighted by molar-refractivity contribution is 0.00578. The predicted octanol–water partition coefficient (Wildman–Crippen LogP) is 7.32. The Labute approximate surface area is 207 Å². The second kappa shape index (κ2) is 7.17. The number of thiophene rings is 1. The van der Waals surface area contributed by atoms with Crippen molar-refractivity contribution in [3.63, 3.8) is 0 Å². The van der Waals surface area contributed by atoms with Gasteiger partial charge in [0, 0.05) is 31.2 Å². The molecular weight excluding hydrogens is 453 g/mol. The Balaban J connectivity index is 1.50. The van der Waals surface area contributed by atoms with Crippen molar-refractivity contribution >= 4 is 66.0 Å². The maximum absolute atomic E-state index is 6.54. The Hall–Kier alpha value is -3.19. The molecule has 1 fully saturated rings. The molecule has 1 aliphatic heterocycles. The monoisotopic (exact) mass is 477 g/mol. The molecule has 0 N–H and O–H groups in total. The van der Waals surface area contributed by atoms with Crippen LogP contribution in [-0.2, 0) is 9.31 Å². The van der Waals surface area contributed by atoms with Crippen LogP contribution in [0.4, 0.5) is 0 Å². The van der Waals surface area contributed by atoms with E-state index in [-0.39, 0.29) is 0 Å². The van der Waals surface area contributed by atoms with Gasteiger partial charge in [-0.1, -0.05) is 48.5 Å². The minimum Gasteiger partial charge on any atom is -0.436 e. The lowest BCUT2D eigenvalue weighted by Crippen LogP contribution is -2.41. The second-order valence-electron chi connectivity index (χ2n) is 10.3. The van der Waals surface area contributed by atoms with Crippen LogP contribution in [0.2, 0.25) is 0 Å². The summed E-state index contributed by atoms with van der Waals surface area (Å²) in [6.45, 7) is 8.33. The van der Waals surface area contributed by atoms with Crippen LogP contribution < -0.4 is 5.46 Å². The van der Waals surface area contributed by atoms with Crippen LogP contribution in [-0.4, -0.2) is 23.3 Å². The van der Waals surface area contributed by atoms with Crippen LogP contribution in [0.25, 0.3) is 53.5 Å². The number of oxazole rings is 1. The van der Waals surface area contributed by atoms with Gasteiger partial charge in [0.2, 0.25) is 5.89 Å². The molecule has 6 aromatic rings. The van der Waals surface area contributed by atoms with Crippen LogP contribution in [0.15, 0.2) is 77.2 Å². The fourth-order valence-corrected chi connectivity index (χ4v) is 6.13. The minimum absolute atomic E-state index is 0.451. The topological polar surface area (TPSA) is 44.5 Å². The van der Waals surface area contributed by atoms with Gasteiger partial charge in [-0.3, -0.25) is 0 Å². The van der Waals surface area contributed by atoms with Crippen molar-refractivity contribution in [2.75, 3.05) is 0 Å². The maximum Gasteiger partial charge on any atom is 0.498 e. The summed E-state index contributed by atoms with van der Waals surface area (Å²) in [5.74, 6) is 0.602. The van der Waals surface area contributed by atoms with Gasteiger partial charge in [0.1, 0.15) is 5.52 Å². The van der Waals surface area contributed by atoms with Crippen molar-refractivity contribution in [3.05, 3.63) is 72.8 Å². The van der Waals surface area contributed by atoms with Crippen LogP contribution in [0.5, 0.6) is 0 Å². The van der Waals surface area contributed by atoms with Gasteiger partial charge in [-0.05, 0) is 62.7 Å². The summed E-state index contributed by atoms with van der Waals surface area (Å²) in [4.78, 5) is 5.03. The van der Waals surface area contributed by atoms with Crippen molar-refractivity contribution in [1.82, 2.24) is 4.98 Å². The first-order valence-corrected chi connectivity index (χ1v) is 12.7. The number of aromatic nitrogens is 1. The first kappa shape index (κ1) is 21.1. The van der Waals surface area contributed by atoms with E-state index in [0.29, 0.717) is 5.89 Å². The standard InChI is InChI=1S/C29H24BNO3S/c1-28(2)29(3,4)34-30(33-28)24-25-22(16-21-20-11-7-8-12-23(20)35-26(21)24)32-27(31-25)19-14-13-17-9-5-6-10-18(17)15-19/h5-16H,1-4H3. The highest BCUT2D eigenvalue weighted by atomic mass is 32.1. The predicted molar refractivity (Wildman–Crippen MR) is 146 cm³/mol. The van der Waals surface area contributed by atoms with Crippen LogP contribution in [0.3, 0.4) is 0 Å². The van der Waals surface area contributed by atoms with Crippen molar-refractivity contribution in [3.8, 4) is 11.5 Å². The van der Waals surface area contributed by atoms with Crippen molar-refractivity contribution < 1.29 is 13.7 Å². The molecule has 2 aromatic heterocycles. The fourth-order valence-electron chi connectivity index (χ4n) is 4.90. The van der Waals surface area contributed by atoms with Gasteiger partial charge in [-0.25, -0.2) is 4.98 Å². The minimum atomic E-state index is -0.534. The third kappa shape index (κ3) is 3.10. The third-order valence-electron chi connectivity index (χ3n) is 7.55. The molecule has 172 valence electrons. The highest BCUT2D eigenvalue weighted by Gasteiger charge is 2.53. The number of fused-ring (bicyclic) bond motifs is 5. The SMILES string of the molecule is CC1(C)OB(c2c3nc(-c4ccc5ccccc5c4)oc3cc3c2sc2ccccc23)OC1(C)C. The fraction of sp³-hybridized carbons (Fsp3) is 0.207. The first-order valence-electron chi connectivity index (χ1n) is 11.9. The molecule has 0 unspecified atom stereocenters. The summed E-state index contributed by atoms with van der Waals surface area (Å²) in [5.41, 5.74) is 2.54. The van der Waals surface area contributed by atoms with Crippen molar-refractivity contribution in [2.24, 2.45) is 0 Å². The largest absolute Gasteiger partial charge is 0.498 e. The number of benzene rings is 4. The van der Waals surface area contributed by atoms with Gasteiger partial charge >= 0.3 is 7.12 Å². The van der Waals surface area contributed by atoms with E-state index in [4.69, 9.17) is 18.7 Å². The summed E-state index contributed by atoms with van der Waals surface area (Å²) in [6.07, 6.45) is 0. The lowest BCUT2D eigenvalue weighted by atomic mass is 9.77. The van der Waals surface area contributed by atoms with Gasteiger partial charge in [0.15, 0.2) is 5.58 Å². The average molecular weight is 477 g/mol. The number of rotatable bonds is 2. The molecule has 0 spiro atoms. The van der Waals surface area contributed by atoms with Crippen LogP contribution >= 0.6 is 11.3 Å². The zero-order chi connectivity index (χ0) is 23.9. The quantitative estimate of drug-likeness (QED) is 0.245. The van der Waals surface area contributed by atoms with Crippen molar-refractivity contribution in [1.29, 1.82) is 0 Å². The molecule has 4 aromatic carbocycles. The molecule has 0 bridgehead atoms. The normalized spacial score (nSPS) is 17.3. The molecule has 0 radical (unpaired) electrons. The van der Waals surface area contributed by atoms with E-state index < -0.39 is 18.3 Å². The summed E-state index contributed by atoms with van der Waals surface area (Å²) >= 11 is 1.76. The van der Waals surface area contributed by atoms with Gasteiger partial charge in [0.25, 0.3) is 0 Å². The van der Waals surface area contributed by atoms with E-state index in [1.54, 1.807) is 11.3 Å². The average Bonchev–Trinajstić information content (AvgIpc) is 3.48. The summed E-state index contributed by atoms with van der Waals surface area (Å²) in [5, 5.41) is 4.70. The second-order valence-corrected chi connectivity index (χ2v) is 11.3. The zero-order valence-electron chi connectivity index (χ0n) is 20.1. The molecule has 35 heavy (non-hydrogen) atoms. The molecule has 0 saturated carbocycles. The molecule has 0 atom stereocenters. The van der Waals surface area contributed by atoms with Crippen LogP contribution in [0.1, 0.15) is 27.7 Å². The molecule has 0 amide bonds. The van der Waals surface area contributed by atoms with Gasteiger partial charge < -0.3 is 13.7 Å². The van der Waals surface area contributed by atoms with Gasteiger partial charge in [0.05, 0.1) is 11.2 Å². The highest BCUT2D eigenvalue weighted by molar-refractivity contribution is 7.27. The summed E-state index contributed by atoms with van der Waals surface area (Å²) < 4.78 is 21.9. The molecule has 0 aliphatic carbocycles. The Kier molecular flexibility index (Phi) is 4.33. The third-order valence-corrected chi connectivity index (χ3v) is 8.77. The smallest absolute Gasteiger partial charge is 0.436 e. The maximum atomic E-state index is 6.54. The van der Waals surface area contributed by atoms with E-state index in [9.17, 15) is 0 Å². The van der Waals surface area contributed by atoms with Crippen molar-refractivity contribution in [2.45, 2.75) is 38.9 Å². The van der Waals surface area contributed by atoms with E-state index in [2.05, 4.69) is 94.4 Å². The Bertz CT molecular complexity index is 1770. The number of hydrogen-bond acceptors (Lipinski definition) is 5. The first-order chi connectivity index (χ1) is 16.8. The molecule has 1 aliphatic rings. The Morgan fingerprint density at radius 1 is 0.771 bits per heavy atom. The van der Waals surface area contributed by atoms with E-state index in [1.807, 2.05) is 6.07 Å². The molecule has 7 rings (SSSR count). The van der Waals surface area contributed by atoms with E-state index in [0.717, 1.165) is 37.6 Å². The van der Waals surface area contributed by atoms with Gasteiger partial charge in [-0.2, -0.15) is 0 Å².